The molecule has 1 aliphatic heterocycles. The average Bonchev–Trinajstić information content (AvgIpc) is 2.66. The van der Waals surface area contributed by atoms with Crippen LogP contribution in [-0.4, -0.2) is 33.7 Å². The van der Waals surface area contributed by atoms with Crippen molar-refractivity contribution in [3.8, 4) is 0 Å². The van der Waals surface area contributed by atoms with E-state index in [1.807, 2.05) is 13.0 Å². The van der Waals surface area contributed by atoms with Gasteiger partial charge in [-0.05, 0) is 30.7 Å². The fourth-order valence-electron chi connectivity index (χ4n) is 1.75. The third-order valence-corrected chi connectivity index (χ3v) is 2.92. The highest BCUT2D eigenvalue weighted by Crippen LogP contribution is 2.19. The normalized spacial score (nSPS) is 14.9. The molecule has 7 heteroatoms. The van der Waals surface area contributed by atoms with Gasteiger partial charge in [0.15, 0.2) is 5.96 Å². The Morgan fingerprint density at radius 1 is 1.28 bits per heavy atom. The summed E-state index contributed by atoms with van der Waals surface area (Å²) >= 11 is 0. The summed E-state index contributed by atoms with van der Waals surface area (Å²) in [6.45, 7) is 3.48. The molecule has 18 heavy (non-hydrogen) atoms. The van der Waals surface area contributed by atoms with Crippen LogP contribution in [0.1, 0.15) is 5.56 Å². The average molecular weight is 268 g/mol. The van der Waals surface area contributed by atoms with Gasteiger partial charge < -0.3 is 10.6 Å². The van der Waals surface area contributed by atoms with Gasteiger partial charge in [0.2, 0.25) is 10.0 Å². The highest BCUT2D eigenvalue weighted by atomic mass is 32.2. The van der Waals surface area contributed by atoms with Crippen LogP contribution in [0.4, 0.5) is 11.4 Å². The topological polar surface area (TPSA) is 82.6 Å². The number of guanidine groups is 1. The highest BCUT2D eigenvalue weighted by Gasteiger charge is 2.07. The molecular formula is C11H16N4O2S. The van der Waals surface area contributed by atoms with Crippen LogP contribution in [0.15, 0.2) is 23.2 Å². The van der Waals surface area contributed by atoms with Gasteiger partial charge >= 0.3 is 0 Å². The molecule has 0 saturated heterocycles. The Hall–Kier alpha value is -1.76. The molecule has 0 unspecified atom stereocenters. The first kappa shape index (κ1) is 12.7. The second-order valence-corrected chi connectivity index (χ2v) is 5.99. The number of nitrogens with zero attached hydrogens (tertiary/aromatic N) is 1. The highest BCUT2D eigenvalue weighted by molar-refractivity contribution is 7.92. The smallest absolute Gasteiger partial charge is 0.229 e. The molecule has 98 valence electrons. The van der Waals surface area contributed by atoms with Crippen molar-refractivity contribution in [2.45, 2.75) is 6.92 Å². The van der Waals surface area contributed by atoms with E-state index in [-0.39, 0.29) is 0 Å². The maximum atomic E-state index is 11.2. The molecule has 0 atom stereocenters. The molecule has 6 nitrogen and oxygen atoms in total. The predicted octanol–water partition coefficient (Wildman–Crippen LogP) is 0.738. The lowest BCUT2D eigenvalue weighted by Gasteiger charge is -2.11. The van der Waals surface area contributed by atoms with E-state index in [0.717, 1.165) is 30.6 Å². The zero-order chi connectivity index (χ0) is 13.2. The Balaban J connectivity index is 2.20. The Morgan fingerprint density at radius 3 is 2.61 bits per heavy atom. The molecule has 0 bridgehead atoms. The van der Waals surface area contributed by atoms with Crippen LogP contribution in [0, 0.1) is 6.92 Å². The summed E-state index contributed by atoms with van der Waals surface area (Å²) < 4.78 is 24.9. The largest absolute Gasteiger partial charge is 0.354 e. The number of aryl methyl sites for hydroxylation is 1. The van der Waals surface area contributed by atoms with Crippen LogP contribution in [0.5, 0.6) is 0 Å². The zero-order valence-corrected chi connectivity index (χ0v) is 11.1. The van der Waals surface area contributed by atoms with Crippen LogP contribution in [0.3, 0.4) is 0 Å². The van der Waals surface area contributed by atoms with Gasteiger partial charge in [0.05, 0.1) is 18.5 Å². The summed E-state index contributed by atoms with van der Waals surface area (Å²) in [7, 11) is -3.26. The summed E-state index contributed by atoms with van der Waals surface area (Å²) in [5.41, 5.74) is 2.30. The van der Waals surface area contributed by atoms with Crippen LogP contribution in [0.25, 0.3) is 0 Å². The van der Waals surface area contributed by atoms with Gasteiger partial charge in [-0.3, -0.25) is 9.71 Å². The van der Waals surface area contributed by atoms with Crippen molar-refractivity contribution in [2.75, 3.05) is 29.4 Å². The van der Waals surface area contributed by atoms with Crippen LogP contribution < -0.4 is 15.4 Å². The second kappa shape index (κ2) is 4.85. The van der Waals surface area contributed by atoms with Gasteiger partial charge in [0.25, 0.3) is 0 Å². The fourth-order valence-corrected chi connectivity index (χ4v) is 2.29. The van der Waals surface area contributed by atoms with Crippen LogP contribution in [-0.2, 0) is 10.0 Å². The lowest BCUT2D eigenvalue weighted by atomic mass is 10.2. The van der Waals surface area contributed by atoms with E-state index >= 15 is 0 Å². The Kier molecular flexibility index (Phi) is 3.42. The Labute approximate surface area is 107 Å². The van der Waals surface area contributed by atoms with Crippen LogP contribution >= 0.6 is 0 Å². The molecular weight excluding hydrogens is 252 g/mol. The lowest BCUT2D eigenvalue weighted by Crippen LogP contribution is -2.26. The summed E-state index contributed by atoms with van der Waals surface area (Å²) in [6, 6.07) is 5.43. The maximum Gasteiger partial charge on any atom is 0.229 e. The summed E-state index contributed by atoms with van der Waals surface area (Å²) in [5, 5.41) is 6.20. The van der Waals surface area contributed by atoms with Crippen LogP contribution in [0.2, 0.25) is 0 Å². The first-order valence-electron chi connectivity index (χ1n) is 5.57. The molecule has 0 spiro atoms. The van der Waals surface area contributed by atoms with Crippen molar-refractivity contribution < 1.29 is 8.42 Å². The quantitative estimate of drug-likeness (QED) is 0.755. The number of sulfonamides is 1. The molecule has 0 radical (unpaired) electrons. The van der Waals surface area contributed by atoms with Gasteiger partial charge in [-0.2, -0.15) is 0 Å². The minimum atomic E-state index is -3.26. The van der Waals surface area contributed by atoms with Crippen molar-refractivity contribution in [3.05, 3.63) is 23.8 Å². The third-order valence-electron chi connectivity index (χ3n) is 2.32. The van der Waals surface area contributed by atoms with Crippen molar-refractivity contribution in [3.63, 3.8) is 0 Å². The van der Waals surface area contributed by atoms with E-state index < -0.39 is 10.0 Å². The molecule has 0 aromatic heterocycles. The van der Waals surface area contributed by atoms with Crippen molar-refractivity contribution in [1.82, 2.24) is 5.32 Å². The molecule has 0 amide bonds. The third kappa shape index (κ3) is 3.63. The van der Waals surface area contributed by atoms with Gasteiger partial charge in [0.1, 0.15) is 0 Å². The number of hydrogen-bond donors (Lipinski definition) is 3. The maximum absolute atomic E-state index is 11.2. The molecule has 3 N–H and O–H groups in total. The van der Waals surface area contributed by atoms with Crippen molar-refractivity contribution in [2.24, 2.45) is 4.99 Å². The minimum absolute atomic E-state index is 0.540. The van der Waals surface area contributed by atoms with E-state index in [9.17, 15) is 8.42 Å². The standard InChI is InChI=1S/C11H16N4O2S/c1-8-5-9(14-11-12-3-4-13-11)7-10(6-8)15-18(2,16)17/h5-7,15H,3-4H2,1-2H3,(H2,12,13,14). The monoisotopic (exact) mass is 268 g/mol. The van der Waals surface area contributed by atoms with Gasteiger partial charge in [-0.1, -0.05) is 0 Å². The predicted molar refractivity (Wildman–Crippen MR) is 73.6 cm³/mol. The Bertz CT molecular complexity index is 581. The first-order valence-corrected chi connectivity index (χ1v) is 7.46. The SMILES string of the molecule is Cc1cc(NC2=NCCN2)cc(NS(C)(=O)=O)c1. The second-order valence-electron chi connectivity index (χ2n) is 4.24. The van der Waals surface area contributed by atoms with Gasteiger partial charge in [0, 0.05) is 12.2 Å². The number of aliphatic imine (C=N–C) groups is 1. The van der Waals surface area contributed by atoms with Gasteiger partial charge in [-0.25, -0.2) is 8.42 Å². The molecule has 0 saturated carbocycles. The minimum Gasteiger partial charge on any atom is -0.354 e. The first-order chi connectivity index (χ1) is 8.42. The summed E-state index contributed by atoms with van der Waals surface area (Å²) in [5.74, 6) is 0.714. The van der Waals surface area contributed by atoms with E-state index in [1.54, 1.807) is 12.1 Å². The number of rotatable bonds is 3. The number of nitrogens with one attached hydrogen (secondary N) is 3. The number of benzene rings is 1. The van der Waals surface area contributed by atoms with E-state index in [4.69, 9.17) is 0 Å². The molecule has 1 heterocycles. The number of hydrogen-bond acceptors (Lipinski definition) is 5. The molecule has 1 aliphatic rings. The molecule has 1 aromatic rings. The molecule has 2 rings (SSSR count). The van der Waals surface area contributed by atoms with E-state index in [1.165, 1.54) is 0 Å². The molecule has 0 aliphatic carbocycles. The molecule has 0 fully saturated rings. The summed E-state index contributed by atoms with van der Waals surface area (Å²) in [4.78, 5) is 4.22. The molecule has 1 aromatic carbocycles. The fraction of sp³-hybridized carbons (Fsp3) is 0.364. The number of anilines is 2. The lowest BCUT2D eigenvalue weighted by molar-refractivity contribution is 0.607. The van der Waals surface area contributed by atoms with E-state index in [0.29, 0.717) is 11.6 Å². The van der Waals surface area contributed by atoms with E-state index in [2.05, 4.69) is 20.3 Å². The van der Waals surface area contributed by atoms with Gasteiger partial charge in [-0.15, -0.1) is 0 Å². The summed E-state index contributed by atoms with van der Waals surface area (Å²) in [6.07, 6.45) is 1.13. The Morgan fingerprint density at radius 2 is 2.00 bits per heavy atom. The zero-order valence-electron chi connectivity index (χ0n) is 10.3. The van der Waals surface area contributed by atoms with Crippen molar-refractivity contribution >= 4 is 27.4 Å². The van der Waals surface area contributed by atoms with Crippen molar-refractivity contribution in [1.29, 1.82) is 0 Å².